The lowest BCUT2D eigenvalue weighted by Crippen LogP contribution is -2.31. The predicted molar refractivity (Wildman–Crippen MR) is 65.7 cm³/mol. The zero-order chi connectivity index (χ0) is 11.7. The number of ether oxygens (including phenoxy) is 2. The smallest absolute Gasteiger partial charge is 0.140 e. The van der Waals surface area contributed by atoms with Gasteiger partial charge >= 0.3 is 0 Å². The van der Waals surface area contributed by atoms with Crippen molar-refractivity contribution in [2.24, 2.45) is 4.99 Å². The van der Waals surface area contributed by atoms with E-state index in [-0.39, 0.29) is 6.10 Å². The Balaban J connectivity index is 2.01. The monoisotopic (exact) mass is 232 g/mol. The van der Waals surface area contributed by atoms with Gasteiger partial charge in [-0.3, -0.25) is 4.99 Å². The van der Waals surface area contributed by atoms with Gasteiger partial charge in [-0.05, 0) is 18.1 Å². The van der Waals surface area contributed by atoms with E-state index in [9.17, 15) is 0 Å². The van der Waals surface area contributed by atoms with Crippen molar-refractivity contribution in [3.05, 3.63) is 29.3 Å². The van der Waals surface area contributed by atoms with E-state index in [1.807, 2.05) is 12.1 Å². The highest BCUT2D eigenvalue weighted by Gasteiger charge is 2.28. The molecule has 4 heteroatoms. The molecule has 1 atom stereocenters. The number of amidine groups is 1. The molecule has 90 valence electrons. The van der Waals surface area contributed by atoms with E-state index < -0.39 is 0 Å². The Kier molecular flexibility index (Phi) is 2.73. The number of fused-ring (bicyclic) bond motifs is 1. The summed E-state index contributed by atoms with van der Waals surface area (Å²) >= 11 is 0. The Bertz CT molecular complexity index is 457. The van der Waals surface area contributed by atoms with E-state index in [0.717, 1.165) is 37.7 Å². The fourth-order valence-electron chi connectivity index (χ4n) is 2.47. The molecule has 0 unspecified atom stereocenters. The first-order chi connectivity index (χ1) is 8.40. The van der Waals surface area contributed by atoms with Crippen LogP contribution in [0.2, 0.25) is 0 Å². The molecular weight excluding hydrogens is 216 g/mol. The lowest BCUT2D eigenvalue weighted by Gasteiger charge is -2.27. The van der Waals surface area contributed by atoms with Crippen molar-refractivity contribution in [3.63, 3.8) is 0 Å². The highest BCUT2D eigenvalue weighted by Crippen LogP contribution is 2.33. The largest absolute Gasteiger partial charge is 0.496 e. The van der Waals surface area contributed by atoms with Crippen molar-refractivity contribution < 1.29 is 9.47 Å². The van der Waals surface area contributed by atoms with Crippen molar-refractivity contribution >= 4 is 5.84 Å². The molecule has 2 aliphatic rings. The first-order valence-corrected chi connectivity index (χ1v) is 5.96. The van der Waals surface area contributed by atoms with Crippen LogP contribution in [-0.4, -0.2) is 32.6 Å². The number of nitrogens with one attached hydrogen (secondary N) is 1. The number of aliphatic imine (C=N–C) groups is 1. The summed E-state index contributed by atoms with van der Waals surface area (Å²) in [6.45, 7) is 2.47. The van der Waals surface area contributed by atoms with Crippen LogP contribution in [0.1, 0.15) is 17.2 Å². The molecule has 3 rings (SSSR count). The van der Waals surface area contributed by atoms with Gasteiger partial charge < -0.3 is 14.8 Å². The summed E-state index contributed by atoms with van der Waals surface area (Å²) < 4.78 is 11.2. The number of nitrogens with zero attached hydrogens (tertiary/aromatic N) is 1. The van der Waals surface area contributed by atoms with Gasteiger partial charge in [-0.15, -0.1) is 0 Å². The third kappa shape index (κ3) is 1.78. The van der Waals surface area contributed by atoms with E-state index in [2.05, 4.69) is 16.4 Å². The number of rotatable bonds is 2. The highest BCUT2D eigenvalue weighted by atomic mass is 16.5. The summed E-state index contributed by atoms with van der Waals surface area (Å²) in [4.78, 5) is 4.45. The molecule has 0 radical (unpaired) electrons. The molecule has 1 aromatic carbocycles. The van der Waals surface area contributed by atoms with Gasteiger partial charge in [-0.25, -0.2) is 0 Å². The summed E-state index contributed by atoms with van der Waals surface area (Å²) in [5.74, 6) is 1.91. The summed E-state index contributed by atoms with van der Waals surface area (Å²) in [7, 11) is 1.71. The van der Waals surface area contributed by atoms with Crippen LogP contribution in [0.25, 0.3) is 0 Å². The lowest BCUT2D eigenvalue weighted by molar-refractivity contribution is 0.0851. The Morgan fingerprint density at radius 3 is 3.18 bits per heavy atom. The Morgan fingerprint density at radius 1 is 1.47 bits per heavy atom. The van der Waals surface area contributed by atoms with Crippen LogP contribution in [0.5, 0.6) is 5.75 Å². The molecule has 0 aromatic heterocycles. The van der Waals surface area contributed by atoms with E-state index in [4.69, 9.17) is 9.47 Å². The van der Waals surface area contributed by atoms with Gasteiger partial charge in [0.25, 0.3) is 0 Å². The number of hydrogen-bond donors (Lipinski definition) is 1. The molecule has 0 fully saturated rings. The average molecular weight is 232 g/mol. The second kappa shape index (κ2) is 4.37. The van der Waals surface area contributed by atoms with E-state index >= 15 is 0 Å². The zero-order valence-corrected chi connectivity index (χ0v) is 9.90. The molecule has 1 aromatic rings. The second-order valence-corrected chi connectivity index (χ2v) is 4.22. The fourth-order valence-corrected chi connectivity index (χ4v) is 2.47. The normalized spacial score (nSPS) is 22.6. The Morgan fingerprint density at radius 2 is 2.41 bits per heavy atom. The minimum Gasteiger partial charge on any atom is -0.496 e. The molecule has 0 amide bonds. The van der Waals surface area contributed by atoms with Gasteiger partial charge in [0, 0.05) is 12.1 Å². The molecule has 4 nitrogen and oxygen atoms in total. The van der Waals surface area contributed by atoms with Crippen LogP contribution >= 0.6 is 0 Å². The van der Waals surface area contributed by atoms with E-state index in [1.165, 1.54) is 11.1 Å². The maximum absolute atomic E-state index is 5.84. The van der Waals surface area contributed by atoms with Crippen molar-refractivity contribution in [3.8, 4) is 5.75 Å². The van der Waals surface area contributed by atoms with Gasteiger partial charge in [-0.2, -0.15) is 0 Å². The van der Waals surface area contributed by atoms with Crippen LogP contribution in [0.3, 0.4) is 0 Å². The average Bonchev–Trinajstić information content (AvgIpc) is 2.91. The molecule has 17 heavy (non-hydrogen) atoms. The van der Waals surface area contributed by atoms with Crippen LogP contribution in [0.15, 0.2) is 23.2 Å². The van der Waals surface area contributed by atoms with Crippen molar-refractivity contribution in [1.82, 2.24) is 5.32 Å². The molecule has 1 N–H and O–H groups in total. The second-order valence-electron chi connectivity index (χ2n) is 4.22. The molecule has 2 aliphatic heterocycles. The fraction of sp³-hybridized carbons (Fsp3) is 0.462. The van der Waals surface area contributed by atoms with Crippen molar-refractivity contribution in [2.45, 2.75) is 12.5 Å². The predicted octanol–water partition coefficient (Wildman–Crippen LogP) is 1.31. The Labute approximate surface area is 101 Å². The first-order valence-electron chi connectivity index (χ1n) is 5.96. The van der Waals surface area contributed by atoms with Gasteiger partial charge in [0.2, 0.25) is 0 Å². The first kappa shape index (κ1) is 10.6. The molecule has 2 heterocycles. The van der Waals surface area contributed by atoms with Crippen molar-refractivity contribution in [2.75, 3.05) is 26.8 Å². The van der Waals surface area contributed by atoms with E-state index in [1.54, 1.807) is 7.11 Å². The lowest BCUT2D eigenvalue weighted by atomic mass is 9.96. The molecular formula is C13H16N2O2. The molecule has 0 spiro atoms. The quantitative estimate of drug-likeness (QED) is 0.836. The molecule has 0 aliphatic carbocycles. The summed E-state index contributed by atoms with van der Waals surface area (Å²) in [6.07, 6.45) is 0.861. The molecule has 0 bridgehead atoms. The highest BCUT2D eigenvalue weighted by molar-refractivity contribution is 5.89. The standard InChI is InChI=1S/C13H16N2O2/c1-16-11-4-2-3-10-9(11)5-8-17-12(10)13-14-6-7-15-13/h2-4,12H,5-8H2,1H3,(H,14,15)/t12-/m1/s1. The van der Waals surface area contributed by atoms with Crippen molar-refractivity contribution in [1.29, 1.82) is 0 Å². The Hall–Kier alpha value is -1.55. The summed E-state index contributed by atoms with van der Waals surface area (Å²) in [5.41, 5.74) is 2.44. The number of hydrogen-bond acceptors (Lipinski definition) is 4. The van der Waals surface area contributed by atoms with Crippen LogP contribution in [0, 0.1) is 0 Å². The SMILES string of the molecule is COc1cccc2c1CCO[C@H]2C1=NCCN1. The number of benzene rings is 1. The third-order valence-electron chi connectivity index (χ3n) is 3.26. The topological polar surface area (TPSA) is 42.9 Å². The molecule has 0 saturated carbocycles. The maximum atomic E-state index is 5.84. The van der Waals surface area contributed by atoms with Gasteiger partial charge in [0.15, 0.2) is 0 Å². The minimum atomic E-state index is -0.0450. The minimum absolute atomic E-state index is 0.0450. The summed E-state index contributed by atoms with van der Waals surface area (Å²) in [6, 6.07) is 6.12. The summed E-state index contributed by atoms with van der Waals surface area (Å²) in [5, 5.41) is 3.29. The van der Waals surface area contributed by atoms with E-state index in [0.29, 0.717) is 0 Å². The van der Waals surface area contributed by atoms with Crippen LogP contribution < -0.4 is 10.1 Å². The van der Waals surface area contributed by atoms with Gasteiger partial charge in [0.05, 0.1) is 20.3 Å². The molecule has 0 saturated heterocycles. The third-order valence-corrected chi connectivity index (χ3v) is 3.26. The van der Waals surface area contributed by atoms with Crippen LogP contribution in [-0.2, 0) is 11.2 Å². The zero-order valence-electron chi connectivity index (χ0n) is 9.90. The van der Waals surface area contributed by atoms with Crippen LogP contribution in [0.4, 0.5) is 0 Å². The maximum Gasteiger partial charge on any atom is 0.140 e. The number of methoxy groups -OCH3 is 1. The van der Waals surface area contributed by atoms with Gasteiger partial charge in [-0.1, -0.05) is 12.1 Å². The van der Waals surface area contributed by atoms with Gasteiger partial charge in [0.1, 0.15) is 17.7 Å².